The van der Waals surface area contributed by atoms with Crippen molar-refractivity contribution in [1.82, 2.24) is 4.90 Å². The summed E-state index contributed by atoms with van der Waals surface area (Å²) in [6.45, 7) is 21.4. The second-order valence-electron chi connectivity index (χ2n) is 13.2. The Labute approximate surface area is 253 Å². The van der Waals surface area contributed by atoms with E-state index in [9.17, 15) is 9.59 Å². The van der Waals surface area contributed by atoms with Crippen LogP contribution in [0, 0.1) is 6.92 Å². The Bertz CT molecular complexity index is 1190. The smallest absolute Gasteiger partial charge is 0.410 e. The number of nitrogens with zero attached hydrogens (tertiary/aromatic N) is 1. The first-order valence-electron chi connectivity index (χ1n) is 14.2. The van der Waals surface area contributed by atoms with Gasteiger partial charge in [-0.3, -0.25) is 4.79 Å². The number of halogens is 1. The molecule has 0 bridgehead atoms. The van der Waals surface area contributed by atoms with Crippen LogP contribution in [0.5, 0.6) is 0 Å². The highest BCUT2D eigenvalue weighted by Gasteiger charge is 2.41. The number of ether oxygens (including phenoxy) is 2. The predicted octanol–water partition coefficient (Wildman–Crippen LogP) is 8.16. The molecule has 1 N–H and O–H groups in total. The van der Waals surface area contributed by atoms with Crippen LogP contribution in [0.1, 0.15) is 71.3 Å². The summed E-state index contributed by atoms with van der Waals surface area (Å²) in [5.41, 5.74) is 3.09. The number of rotatable bonds is 11. The second-order valence-corrected chi connectivity index (χ2v) is 18.4. The fraction of sp³-hybridized carbons (Fsp3) is 0.562. The van der Waals surface area contributed by atoms with Crippen molar-refractivity contribution in [2.24, 2.45) is 0 Å². The number of hydrogen-bond donors (Lipinski definition) is 1. The van der Waals surface area contributed by atoms with Crippen LogP contribution in [0.3, 0.4) is 0 Å². The number of benzene rings is 2. The quantitative estimate of drug-likeness (QED) is 0.206. The topological polar surface area (TPSA) is 77.1 Å². The molecule has 0 saturated heterocycles. The van der Waals surface area contributed by atoms with E-state index in [0.717, 1.165) is 22.4 Å². The first kappa shape index (κ1) is 34.6. The molecule has 9 heteroatoms. The van der Waals surface area contributed by atoms with Crippen LogP contribution in [0.15, 0.2) is 42.5 Å². The molecule has 0 aromatic heterocycles. The lowest BCUT2D eigenvalue weighted by atomic mass is 10.1. The minimum atomic E-state index is -2.22. The Kier molecular flexibility index (Phi) is 11.9. The van der Waals surface area contributed by atoms with Gasteiger partial charge >= 0.3 is 12.1 Å². The van der Waals surface area contributed by atoms with E-state index < -0.39 is 20.0 Å². The van der Waals surface area contributed by atoms with E-state index in [2.05, 4.69) is 39.2 Å². The Morgan fingerprint density at radius 1 is 1.05 bits per heavy atom. The summed E-state index contributed by atoms with van der Waals surface area (Å²) in [5.74, 6) is -0.277. The average molecular weight is 605 g/mol. The van der Waals surface area contributed by atoms with Gasteiger partial charge in [0.15, 0.2) is 8.32 Å². The largest absolute Gasteiger partial charge is 0.469 e. The zero-order chi connectivity index (χ0) is 31.2. The number of esters is 1. The molecule has 0 fully saturated rings. The van der Waals surface area contributed by atoms with Crippen molar-refractivity contribution in [3.63, 3.8) is 0 Å². The molecule has 1 amide bonds. The molecule has 41 heavy (non-hydrogen) atoms. The van der Waals surface area contributed by atoms with Crippen molar-refractivity contribution in [3.8, 4) is 0 Å². The predicted molar refractivity (Wildman–Crippen MR) is 170 cm³/mol. The summed E-state index contributed by atoms with van der Waals surface area (Å²) in [5, 5.41) is 4.08. The van der Waals surface area contributed by atoms with E-state index in [4.69, 9.17) is 25.5 Å². The van der Waals surface area contributed by atoms with Crippen molar-refractivity contribution < 1.29 is 23.5 Å². The van der Waals surface area contributed by atoms with Crippen molar-refractivity contribution >= 4 is 37.7 Å². The van der Waals surface area contributed by atoms with Crippen LogP contribution in [-0.4, -0.2) is 57.1 Å². The Morgan fingerprint density at radius 2 is 1.71 bits per heavy atom. The van der Waals surface area contributed by atoms with Gasteiger partial charge in [0.25, 0.3) is 0 Å². The summed E-state index contributed by atoms with van der Waals surface area (Å²) < 4.78 is 17.6. The molecular weight excluding hydrogens is 556 g/mol. The van der Waals surface area contributed by atoms with Gasteiger partial charge < -0.3 is 24.1 Å². The van der Waals surface area contributed by atoms with Crippen LogP contribution in [0.25, 0.3) is 0 Å². The lowest BCUT2D eigenvalue weighted by Crippen LogP contribution is -2.49. The van der Waals surface area contributed by atoms with Gasteiger partial charge in [-0.25, -0.2) is 4.79 Å². The van der Waals surface area contributed by atoms with Gasteiger partial charge in [-0.1, -0.05) is 56.6 Å². The molecule has 7 nitrogen and oxygen atoms in total. The monoisotopic (exact) mass is 604 g/mol. The first-order chi connectivity index (χ1) is 18.8. The van der Waals surface area contributed by atoms with Crippen molar-refractivity contribution in [1.29, 1.82) is 0 Å². The van der Waals surface area contributed by atoms with Gasteiger partial charge in [-0.15, -0.1) is 0 Å². The Balaban J connectivity index is 2.36. The number of nitrogens with one attached hydrogen (secondary N) is 1. The molecule has 0 aliphatic rings. The van der Waals surface area contributed by atoms with Gasteiger partial charge in [0.1, 0.15) is 5.60 Å². The van der Waals surface area contributed by atoms with Crippen molar-refractivity contribution in [2.45, 2.75) is 97.7 Å². The fourth-order valence-corrected chi connectivity index (χ4v) is 5.50. The molecule has 0 aliphatic carbocycles. The summed E-state index contributed by atoms with van der Waals surface area (Å²) in [6.07, 6.45) is -0.564. The molecule has 0 aliphatic heterocycles. The van der Waals surface area contributed by atoms with Crippen molar-refractivity contribution in [3.05, 3.63) is 64.2 Å². The van der Waals surface area contributed by atoms with Crippen LogP contribution < -0.4 is 5.32 Å². The number of carbonyl (C=O) groups excluding carboxylic acids is 2. The lowest BCUT2D eigenvalue weighted by molar-refractivity contribution is -0.139. The Morgan fingerprint density at radius 3 is 2.24 bits per heavy atom. The maximum atomic E-state index is 13.6. The molecule has 0 radical (unpaired) electrons. The summed E-state index contributed by atoms with van der Waals surface area (Å²) in [6, 6.07) is 13.3. The van der Waals surface area contributed by atoms with Crippen LogP contribution in [0.4, 0.5) is 10.5 Å². The summed E-state index contributed by atoms with van der Waals surface area (Å²) in [7, 11) is -0.834. The molecule has 2 aromatic rings. The molecule has 0 unspecified atom stereocenters. The van der Waals surface area contributed by atoms with Crippen LogP contribution in [-0.2, 0) is 25.1 Å². The average Bonchev–Trinajstić information content (AvgIpc) is 2.83. The molecule has 2 atom stereocenters. The maximum absolute atomic E-state index is 13.6. The number of amides is 1. The van der Waals surface area contributed by atoms with E-state index in [0.29, 0.717) is 18.1 Å². The van der Waals surface area contributed by atoms with Gasteiger partial charge in [0, 0.05) is 23.3 Å². The third-order valence-electron chi connectivity index (χ3n) is 7.44. The van der Waals surface area contributed by atoms with Crippen molar-refractivity contribution in [2.75, 3.05) is 25.5 Å². The molecule has 0 saturated carbocycles. The first-order valence-corrected chi connectivity index (χ1v) is 17.4. The number of aryl methyl sites for hydroxylation is 1. The summed E-state index contributed by atoms with van der Waals surface area (Å²) in [4.78, 5) is 27.0. The third kappa shape index (κ3) is 10.7. The number of hydrogen-bond acceptors (Lipinski definition) is 6. The van der Waals surface area contributed by atoms with Crippen LogP contribution >= 0.6 is 11.6 Å². The highest BCUT2D eigenvalue weighted by molar-refractivity contribution is 6.74. The van der Waals surface area contributed by atoms with Gasteiger partial charge in [0.05, 0.1) is 26.2 Å². The minimum Gasteiger partial charge on any atom is -0.469 e. The zero-order valence-electron chi connectivity index (χ0n) is 26.7. The number of methoxy groups -OCH3 is 1. The van der Waals surface area contributed by atoms with E-state index in [1.165, 1.54) is 7.11 Å². The molecule has 0 heterocycles. The normalized spacial score (nSPS) is 13.8. The van der Waals surface area contributed by atoms with Gasteiger partial charge in [-0.05, 0) is 87.6 Å². The second kappa shape index (κ2) is 14.1. The van der Waals surface area contributed by atoms with Gasteiger partial charge in [-0.2, -0.15) is 0 Å². The zero-order valence-corrected chi connectivity index (χ0v) is 28.4. The SMILES string of the molecule is COC(=O)Cc1ccc(NC[C@@H](C)N(C[C@H](O[Si](C)(C)C(C)(C)C)c2cccc(Cl)c2)C(=O)OC(C)(C)C)c(C)c1. The molecule has 2 aromatic carbocycles. The lowest BCUT2D eigenvalue weighted by Gasteiger charge is -2.41. The van der Waals surface area contributed by atoms with E-state index in [1.807, 2.05) is 77.1 Å². The third-order valence-corrected chi connectivity index (χ3v) is 12.2. The van der Waals surface area contributed by atoms with Crippen LogP contribution in [0.2, 0.25) is 23.2 Å². The van der Waals surface area contributed by atoms with E-state index in [-0.39, 0.29) is 29.6 Å². The highest BCUT2D eigenvalue weighted by Crippen LogP contribution is 2.40. The fourth-order valence-electron chi connectivity index (χ4n) is 4.02. The van der Waals surface area contributed by atoms with E-state index >= 15 is 0 Å². The molecular formula is C32H49ClN2O5Si. The highest BCUT2D eigenvalue weighted by atomic mass is 35.5. The number of anilines is 1. The molecule has 0 spiro atoms. The maximum Gasteiger partial charge on any atom is 0.410 e. The standard InChI is InChI=1S/C32H49ClN2O5Si/c1-22-17-24(18-29(36)38-9)15-16-27(22)34-20-23(2)35(30(37)39-31(3,4)5)21-28(25-13-12-14-26(33)19-25)40-41(10,11)32(6,7)8/h12-17,19,23,28,34H,18,20-21H2,1-11H3/t23-,28+/m1/s1. The Hall–Kier alpha value is -2.55. The molecule has 2 rings (SSSR count). The van der Waals surface area contributed by atoms with E-state index in [1.54, 1.807) is 4.90 Å². The summed E-state index contributed by atoms with van der Waals surface area (Å²) >= 11 is 6.39. The minimum absolute atomic E-state index is 0.0225. The van der Waals surface area contributed by atoms with Gasteiger partial charge in [0.2, 0.25) is 0 Å². The molecule has 228 valence electrons. The number of carbonyl (C=O) groups is 2.